The van der Waals surface area contributed by atoms with E-state index in [9.17, 15) is 13.2 Å². The average Bonchev–Trinajstić information content (AvgIpc) is 2.56. The standard InChI is InChI=1S/C16H18ClN3O3S/c1-19(11-13-7-9-18-10-8-13)16(21)12-20(2)24(22,23)15-5-3-14(17)4-6-15/h3-10H,11-12H2,1-2H3. The van der Waals surface area contributed by atoms with Gasteiger partial charge in [0.25, 0.3) is 0 Å². The lowest BCUT2D eigenvalue weighted by atomic mass is 10.2. The van der Waals surface area contributed by atoms with Gasteiger partial charge in [-0.25, -0.2) is 8.42 Å². The molecule has 0 saturated carbocycles. The van der Waals surface area contributed by atoms with Crippen molar-refractivity contribution in [2.24, 2.45) is 0 Å². The second-order valence-electron chi connectivity index (χ2n) is 5.32. The van der Waals surface area contributed by atoms with E-state index in [1.807, 2.05) is 0 Å². The molecular formula is C16H18ClN3O3S. The molecule has 2 aromatic rings. The summed E-state index contributed by atoms with van der Waals surface area (Å²) in [6.07, 6.45) is 3.29. The molecule has 0 bridgehead atoms. The third-order valence-corrected chi connectivity index (χ3v) is 5.54. The number of amides is 1. The van der Waals surface area contributed by atoms with E-state index in [0.29, 0.717) is 11.6 Å². The van der Waals surface area contributed by atoms with Crippen molar-refractivity contribution in [2.45, 2.75) is 11.4 Å². The molecular weight excluding hydrogens is 350 g/mol. The summed E-state index contributed by atoms with van der Waals surface area (Å²) in [6.45, 7) is 0.142. The van der Waals surface area contributed by atoms with Gasteiger partial charge in [0, 0.05) is 38.1 Å². The number of benzene rings is 1. The molecule has 1 heterocycles. The number of hydrogen-bond acceptors (Lipinski definition) is 4. The maximum Gasteiger partial charge on any atom is 0.243 e. The molecule has 0 radical (unpaired) electrons. The largest absolute Gasteiger partial charge is 0.340 e. The number of nitrogens with zero attached hydrogens (tertiary/aromatic N) is 3. The van der Waals surface area contributed by atoms with Crippen molar-refractivity contribution in [3.8, 4) is 0 Å². The second-order valence-corrected chi connectivity index (χ2v) is 7.80. The highest BCUT2D eigenvalue weighted by Gasteiger charge is 2.24. The van der Waals surface area contributed by atoms with Crippen molar-refractivity contribution in [1.29, 1.82) is 0 Å². The molecule has 6 nitrogen and oxygen atoms in total. The lowest BCUT2D eigenvalue weighted by molar-refractivity contribution is -0.130. The molecule has 0 aliphatic heterocycles. The Morgan fingerprint density at radius 3 is 2.25 bits per heavy atom. The highest BCUT2D eigenvalue weighted by molar-refractivity contribution is 7.89. The maximum absolute atomic E-state index is 12.5. The van der Waals surface area contributed by atoms with Crippen LogP contribution in [0.15, 0.2) is 53.7 Å². The van der Waals surface area contributed by atoms with E-state index in [1.54, 1.807) is 31.6 Å². The first-order valence-electron chi connectivity index (χ1n) is 7.15. The van der Waals surface area contributed by atoms with E-state index >= 15 is 0 Å². The summed E-state index contributed by atoms with van der Waals surface area (Å²) in [7, 11) is -0.732. The van der Waals surface area contributed by atoms with E-state index < -0.39 is 10.0 Å². The molecule has 0 unspecified atom stereocenters. The van der Waals surface area contributed by atoms with Crippen LogP contribution in [0.4, 0.5) is 0 Å². The van der Waals surface area contributed by atoms with Crippen LogP contribution in [0, 0.1) is 0 Å². The van der Waals surface area contributed by atoms with E-state index in [0.717, 1.165) is 9.87 Å². The Morgan fingerprint density at radius 1 is 1.08 bits per heavy atom. The number of pyridine rings is 1. The first kappa shape index (κ1) is 18.4. The van der Waals surface area contributed by atoms with Gasteiger partial charge in [0.2, 0.25) is 15.9 Å². The highest BCUT2D eigenvalue weighted by Crippen LogP contribution is 2.17. The zero-order chi connectivity index (χ0) is 17.7. The van der Waals surface area contributed by atoms with Crippen LogP contribution >= 0.6 is 11.6 Å². The molecule has 1 aromatic heterocycles. The first-order chi connectivity index (χ1) is 11.3. The minimum absolute atomic E-state index is 0.0963. The molecule has 0 saturated heterocycles. The summed E-state index contributed by atoms with van der Waals surface area (Å²) < 4.78 is 26.0. The number of likely N-dealkylation sites (N-methyl/N-ethyl adjacent to an activating group) is 2. The van der Waals surface area contributed by atoms with Gasteiger partial charge in [-0.15, -0.1) is 0 Å². The minimum atomic E-state index is -3.74. The van der Waals surface area contributed by atoms with Crippen LogP contribution in [0.1, 0.15) is 5.56 Å². The molecule has 1 amide bonds. The summed E-state index contributed by atoms with van der Waals surface area (Å²) >= 11 is 5.77. The van der Waals surface area contributed by atoms with Gasteiger partial charge in [-0.3, -0.25) is 9.78 Å². The number of hydrogen-bond donors (Lipinski definition) is 0. The fourth-order valence-corrected chi connectivity index (χ4v) is 3.28. The van der Waals surface area contributed by atoms with Gasteiger partial charge in [-0.2, -0.15) is 4.31 Å². The number of aromatic nitrogens is 1. The van der Waals surface area contributed by atoms with Crippen molar-refractivity contribution in [3.05, 3.63) is 59.4 Å². The van der Waals surface area contributed by atoms with Crippen LogP contribution < -0.4 is 0 Å². The zero-order valence-electron chi connectivity index (χ0n) is 13.4. The van der Waals surface area contributed by atoms with E-state index in [2.05, 4.69) is 4.98 Å². The molecule has 0 fully saturated rings. The van der Waals surface area contributed by atoms with E-state index in [-0.39, 0.29) is 17.3 Å². The van der Waals surface area contributed by atoms with Gasteiger partial charge in [-0.05, 0) is 42.0 Å². The Morgan fingerprint density at radius 2 is 1.67 bits per heavy atom. The van der Waals surface area contributed by atoms with Gasteiger partial charge < -0.3 is 4.90 Å². The summed E-state index contributed by atoms with van der Waals surface area (Å²) in [5, 5.41) is 0.449. The molecule has 0 N–H and O–H groups in total. The van der Waals surface area contributed by atoms with Gasteiger partial charge in [0.1, 0.15) is 0 Å². The Bertz CT molecular complexity index is 795. The van der Waals surface area contributed by atoms with E-state index in [1.165, 1.54) is 36.2 Å². The molecule has 1 aromatic carbocycles. The van der Waals surface area contributed by atoms with Crippen LogP contribution in [-0.4, -0.2) is 49.2 Å². The van der Waals surface area contributed by atoms with Crippen molar-refractivity contribution in [3.63, 3.8) is 0 Å². The third-order valence-electron chi connectivity index (χ3n) is 3.47. The summed E-state index contributed by atoms with van der Waals surface area (Å²) in [4.78, 5) is 17.8. The fourth-order valence-electron chi connectivity index (χ4n) is 2.03. The van der Waals surface area contributed by atoms with Crippen molar-refractivity contribution >= 4 is 27.5 Å². The molecule has 128 valence electrons. The number of carbonyl (C=O) groups excluding carboxylic acids is 1. The third kappa shape index (κ3) is 4.53. The summed E-state index contributed by atoms with van der Waals surface area (Å²) in [5.74, 6) is -0.299. The molecule has 0 aliphatic rings. The average molecular weight is 368 g/mol. The normalized spacial score (nSPS) is 11.5. The molecule has 0 aliphatic carbocycles. The summed E-state index contributed by atoms with van der Waals surface area (Å²) in [5.41, 5.74) is 0.920. The molecule has 0 atom stereocenters. The number of sulfonamides is 1. The molecule has 8 heteroatoms. The SMILES string of the molecule is CN(Cc1ccncc1)C(=O)CN(C)S(=O)(=O)c1ccc(Cl)cc1. The first-order valence-corrected chi connectivity index (χ1v) is 8.97. The predicted octanol–water partition coefficient (Wildman–Crippen LogP) is 2.01. The van der Waals surface area contributed by atoms with Gasteiger partial charge in [0.05, 0.1) is 11.4 Å². The topological polar surface area (TPSA) is 70.6 Å². The van der Waals surface area contributed by atoms with Crippen molar-refractivity contribution in [2.75, 3.05) is 20.6 Å². The molecule has 0 spiro atoms. The number of rotatable bonds is 6. The zero-order valence-corrected chi connectivity index (χ0v) is 15.0. The number of halogens is 1. The summed E-state index contributed by atoms with van der Waals surface area (Å²) in [6, 6.07) is 9.44. The van der Waals surface area contributed by atoms with Crippen LogP contribution in [-0.2, 0) is 21.4 Å². The quantitative estimate of drug-likeness (QED) is 0.783. The Kier molecular flexibility index (Phi) is 5.93. The molecule has 24 heavy (non-hydrogen) atoms. The van der Waals surface area contributed by atoms with Gasteiger partial charge >= 0.3 is 0 Å². The van der Waals surface area contributed by atoms with Crippen molar-refractivity contribution in [1.82, 2.24) is 14.2 Å². The van der Waals surface area contributed by atoms with Gasteiger partial charge in [-0.1, -0.05) is 11.6 Å². The van der Waals surface area contributed by atoms with Crippen molar-refractivity contribution < 1.29 is 13.2 Å². The number of carbonyl (C=O) groups is 1. The Balaban J connectivity index is 2.03. The van der Waals surface area contributed by atoms with E-state index in [4.69, 9.17) is 11.6 Å². The maximum atomic E-state index is 12.5. The monoisotopic (exact) mass is 367 g/mol. The second kappa shape index (κ2) is 7.74. The Hall–Kier alpha value is -1.96. The smallest absolute Gasteiger partial charge is 0.243 e. The lowest BCUT2D eigenvalue weighted by Crippen LogP contribution is -2.39. The van der Waals surface area contributed by atoms with Crippen LogP contribution in [0.3, 0.4) is 0 Å². The molecule has 2 rings (SSSR count). The lowest BCUT2D eigenvalue weighted by Gasteiger charge is -2.22. The highest BCUT2D eigenvalue weighted by atomic mass is 35.5. The van der Waals surface area contributed by atoms with Crippen LogP contribution in [0.2, 0.25) is 5.02 Å². The Labute approximate surface area is 146 Å². The van der Waals surface area contributed by atoms with Crippen LogP contribution in [0.5, 0.6) is 0 Å². The fraction of sp³-hybridized carbons (Fsp3) is 0.250. The minimum Gasteiger partial charge on any atom is -0.340 e. The van der Waals surface area contributed by atoms with Crippen LogP contribution in [0.25, 0.3) is 0 Å². The van der Waals surface area contributed by atoms with Gasteiger partial charge in [0.15, 0.2) is 0 Å². The predicted molar refractivity (Wildman–Crippen MR) is 92.0 cm³/mol.